The molecule has 0 unspecified atom stereocenters. The first-order valence-corrected chi connectivity index (χ1v) is 13.1. The van der Waals surface area contributed by atoms with Gasteiger partial charge in [-0.3, -0.25) is 4.98 Å². The summed E-state index contributed by atoms with van der Waals surface area (Å²) in [7, 11) is 0. The first-order valence-electron chi connectivity index (χ1n) is 12.3. The van der Waals surface area contributed by atoms with Gasteiger partial charge in [0.15, 0.2) is 0 Å². The summed E-state index contributed by atoms with van der Waals surface area (Å²) >= 11 is 1.77. The largest absolute Gasteiger partial charge is 0.252 e. The van der Waals surface area contributed by atoms with Crippen molar-refractivity contribution in [3.05, 3.63) is 121 Å². The Bertz CT molecular complexity index is 2120. The molecule has 0 aliphatic carbocycles. The molecule has 170 valence electrons. The Morgan fingerprint density at radius 3 is 2.14 bits per heavy atom. The van der Waals surface area contributed by atoms with Gasteiger partial charge in [0.05, 0.1) is 27.6 Å². The maximum absolute atomic E-state index is 5.19. The number of hydrogen-bond donors (Lipinski definition) is 0. The lowest BCUT2D eigenvalue weighted by Gasteiger charge is -2.11. The van der Waals surface area contributed by atoms with E-state index < -0.39 is 0 Å². The van der Waals surface area contributed by atoms with Crippen LogP contribution in [0.5, 0.6) is 0 Å². The number of aromatic nitrogens is 2. The van der Waals surface area contributed by atoms with Crippen molar-refractivity contribution in [1.29, 1.82) is 0 Å². The Hall–Kier alpha value is -4.78. The predicted octanol–water partition coefficient (Wildman–Crippen LogP) is 9.24. The topological polar surface area (TPSA) is 25.8 Å². The minimum absolute atomic E-state index is 0.876. The fourth-order valence-electron chi connectivity index (χ4n) is 5.46. The lowest BCUT2D eigenvalue weighted by molar-refractivity contribution is 1.31. The van der Waals surface area contributed by atoms with Crippen molar-refractivity contribution >= 4 is 64.1 Å². The number of rotatable bonds is 2. The standard InChI is InChI=1S/C34H18N2S/c1-3-14-27-24(11-1)25-12-2-4-15-28(25)33-32(27)35-20-30(36-33)22-10-7-9-21(19-22)23-16-8-17-29-26-13-5-6-18-31(26)37-34(23)29/h1-5,7-17,19-20H. The van der Waals surface area contributed by atoms with Crippen molar-refractivity contribution in [2.75, 3.05) is 0 Å². The summed E-state index contributed by atoms with van der Waals surface area (Å²) in [6.07, 6.45) is 1.91. The van der Waals surface area contributed by atoms with E-state index in [1.807, 2.05) is 12.3 Å². The quantitative estimate of drug-likeness (QED) is 0.228. The van der Waals surface area contributed by atoms with Gasteiger partial charge in [-0.2, -0.15) is 0 Å². The molecule has 2 heterocycles. The van der Waals surface area contributed by atoms with Crippen molar-refractivity contribution in [2.24, 2.45) is 0 Å². The number of fused-ring (bicyclic) bond motifs is 9. The first kappa shape index (κ1) is 20.4. The molecule has 8 aromatic rings. The molecule has 0 spiro atoms. The molecule has 0 N–H and O–H groups in total. The monoisotopic (exact) mass is 486 g/mol. The molecule has 3 heteroatoms. The van der Waals surface area contributed by atoms with E-state index in [1.54, 1.807) is 11.3 Å². The Balaban J connectivity index is 1.34. The molecule has 0 aliphatic rings. The van der Waals surface area contributed by atoms with Gasteiger partial charge in [-0.25, -0.2) is 4.98 Å². The van der Waals surface area contributed by atoms with E-state index >= 15 is 0 Å². The predicted molar refractivity (Wildman–Crippen MR) is 156 cm³/mol. The van der Waals surface area contributed by atoms with Gasteiger partial charge >= 0.3 is 0 Å². The third-order valence-corrected chi connectivity index (χ3v) is 8.34. The van der Waals surface area contributed by atoms with Crippen LogP contribution in [0.15, 0.2) is 109 Å². The Morgan fingerprint density at radius 2 is 1.30 bits per heavy atom. The summed E-state index contributed by atoms with van der Waals surface area (Å²) in [5.74, 6) is 0. The number of nitrogens with zero attached hydrogens (tertiary/aromatic N) is 2. The highest BCUT2D eigenvalue weighted by Crippen LogP contribution is 2.40. The fourth-order valence-corrected chi connectivity index (χ4v) is 6.65. The molecular formula is C34H18N2S. The Labute approximate surface area is 217 Å². The normalized spacial score (nSPS) is 11.6. The molecule has 6 aromatic carbocycles. The second-order valence-electron chi connectivity index (χ2n) is 9.25. The molecule has 2 nitrogen and oxygen atoms in total. The van der Waals surface area contributed by atoms with Crippen LogP contribution in [0.4, 0.5) is 0 Å². The minimum atomic E-state index is 0.876. The zero-order chi connectivity index (χ0) is 24.3. The summed E-state index contributed by atoms with van der Waals surface area (Å²) in [4.78, 5) is 10.1. The van der Waals surface area contributed by atoms with E-state index in [0.29, 0.717) is 0 Å². The van der Waals surface area contributed by atoms with Gasteiger partial charge in [0.25, 0.3) is 0 Å². The van der Waals surface area contributed by atoms with Crippen molar-refractivity contribution in [3.63, 3.8) is 0 Å². The molecule has 0 saturated carbocycles. The van der Waals surface area contributed by atoms with Gasteiger partial charge in [0.1, 0.15) is 0 Å². The summed E-state index contributed by atoms with van der Waals surface area (Å²) in [5, 5.41) is 7.17. The summed E-state index contributed by atoms with van der Waals surface area (Å²) < 4.78 is 2.41. The van der Waals surface area contributed by atoms with Crippen LogP contribution in [0.1, 0.15) is 0 Å². The number of benzene rings is 5. The van der Waals surface area contributed by atoms with Crippen molar-refractivity contribution in [2.45, 2.75) is 0 Å². The number of hydrogen-bond acceptors (Lipinski definition) is 3. The summed E-state index contributed by atoms with van der Waals surface area (Å²) in [5.41, 5.74) is 6.21. The second kappa shape index (κ2) is 7.86. The molecule has 37 heavy (non-hydrogen) atoms. The highest BCUT2D eigenvalue weighted by Gasteiger charge is 2.14. The molecule has 0 amide bonds. The third kappa shape index (κ3) is 3.07. The maximum atomic E-state index is 5.19. The second-order valence-corrected chi connectivity index (χ2v) is 10.3. The van der Waals surface area contributed by atoms with E-state index in [0.717, 1.165) is 37.8 Å². The smallest absolute Gasteiger partial charge is 0.0979 e. The lowest BCUT2D eigenvalue weighted by atomic mass is 9.98. The molecule has 0 saturated heterocycles. The van der Waals surface area contributed by atoms with Crippen LogP contribution in [0.2, 0.25) is 0 Å². The third-order valence-electron chi connectivity index (χ3n) is 7.17. The average molecular weight is 487 g/mol. The SMILES string of the molecule is c1ccc2c(c#1)sc1c(-c3cccc(-c4cnc5c6ccccc6c6ccccc6c5n4)c3)cccc12. The summed E-state index contributed by atoms with van der Waals surface area (Å²) in [6.45, 7) is 0. The zero-order valence-corrected chi connectivity index (χ0v) is 20.5. The van der Waals surface area contributed by atoms with Crippen LogP contribution in [-0.4, -0.2) is 9.97 Å². The molecule has 8 rings (SSSR count). The van der Waals surface area contributed by atoms with E-state index in [9.17, 15) is 0 Å². The van der Waals surface area contributed by atoms with E-state index in [1.165, 1.54) is 37.4 Å². The van der Waals surface area contributed by atoms with Crippen molar-refractivity contribution in [3.8, 4) is 22.4 Å². The summed E-state index contributed by atoms with van der Waals surface area (Å²) in [6, 6.07) is 42.6. The van der Waals surface area contributed by atoms with Crippen molar-refractivity contribution < 1.29 is 0 Å². The van der Waals surface area contributed by atoms with Gasteiger partial charge in [-0.05, 0) is 40.1 Å². The van der Waals surface area contributed by atoms with Crippen LogP contribution in [0.25, 0.3) is 75.1 Å². The maximum Gasteiger partial charge on any atom is 0.0979 e. The van der Waals surface area contributed by atoms with Crippen LogP contribution in [0.3, 0.4) is 0 Å². The van der Waals surface area contributed by atoms with Gasteiger partial charge in [0, 0.05) is 31.8 Å². The fraction of sp³-hybridized carbons (Fsp3) is 0. The molecule has 0 bridgehead atoms. The molecule has 0 fully saturated rings. The Morgan fingerprint density at radius 1 is 0.595 bits per heavy atom. The van der Waals surface area contributed by atoms with Gasteiger partial charge in [0.2, 0.25) is 0 Å². The molecule has 0 aliphatic heterocycles. The first-order chi connectivity index (χ1) is 18.3. The van der Waals surface area contributed by atoms with Gasteiger partial charge < -0.3 is 0 Å². The number of thiophene rings is 1. The van der Waals surface area contributed by atoms with E-state index in [4.69, 9.17) is 9.97 Å². The van der Waals surface area contributed by atoms with Crippen molar-refractivity contribution in [1.82, 2.24) is 9.97 Å². The molecule has 0 atom stereocenters. The molecule has 0 radical (unpaired) electrons. The highest BCUT2D eigenvalue weighted by molar-refractivity contribution is 7.26. The highest BCUT2D eigenvalue weighted by atomic mass is 32.1. The van der Waals surface area contributed by atoms with Crippen LogP contribution in [0, 0.1) is 12.1 Å². The van der Waals surface area contributed by atoms with Crippen LogP contribution < -0.4 is 0 Å². The van der Waals surface area contributed by atoms with E-state index in [-0.39, 0.29) is 0 Å². The Kier molecular flexibility index (Phi) is 4.34. The average Bonchev–Trinajstić information content (AvgIpc) is 3.36. The zero-order valence-electron chi connectivity index (χ0n) is 19.7. The van der Waals surface area contributed by atoms with Gasteiger partial charge in [-0.1, -0.05) is 97.1 Å². The lowest BCUT2D eigenvalue weighted by Crippen LogP contribution is -1.92. The van der Waals surface area contributed by atoms with Crippen LogP contribution in [-0.2, 0) is 0 Å². The minimum Gasteiger partial charge on any atom is -0.252 e. The van der Waals surface area contributed by atoms with E-state index in [2.05, 4.69) is 109 Å². The molecule has 2 aromatic heterocycles. The molecular weight excluding hydrogens is 468 g/mol. The van der Waals surface area contributed by atoms with Crippen LogP contribution >= 0.6 is 11.3 Å². The van der Waals surface area contributed by atoms with Gasteiger partial charge in [-0.15, -0.1) is 11.3 Å².